The Kier molecular flexibility index (Phi) is 4.64. The van der Waals surface area contributed by atoms with Gasteiger partial charge in [-0.1, -0.05) is 23.2 Å². The van der Waals surface area contributed by atoms with Crippen LogP contribution >= 0.6 is 47.2 Å². The number of aromatic amines is 1. The minimum absolute atomic E-state index is 0.343. The molecule has 1 aromatic heterocycles. The third-order valence-corrected chi connectivity index (χ3v) is 4.60. The van der Waals surface area contributed by atoms with Gasteiger partial charge in [-0.25, -0.2) is 0 Å². The van der Waals surface area contributed by atoms with Crippen molar-refractivity contribution in [2.45, 2.75) is 19.4 Å². The first-order valence-electron chi connectivity index (χ1n) is 5.62. The Labute approximate surface area is 126 Å². The monoisotopic (exact) mass is 320 g/mol. The Morgan fingerprint density at radius 2 is 2.06 bits per heavy atom. The molecule has 0 saturated carbocycles. The van der Waals surface area contributed by atoms with Crippen LogP contribution in [-0.4, -0.2) is 21.6 Å². The van der Waals surface area contributed by atoms with Crippen LogP contribution in [0.1, 0.15) is 19.4 Å². The van der Waals surface area contributed by atoms with Gasteiger partial charge < -0.3 is 9.55 Å². The lowest BCUT2D eigenvalue weighted by Crippen LogP contribution is -2.06. The standard InChI is InChI=1S/C12H14Cl2N2S2/c1-7(3-4-18-2)16-11-6-9(14)8(13)5-10(11)15-12(16)17/h5-7H,3-4H2,1-2H3,(H,15,17). The molecule has 0 bridgehead atoms. The van der Waals surface area contributed by atoms with E-state index in [1.165, 1.54) is 0 Å². The fourth-order valence-electron chi connectivity index (χ4n) is 1.98. The van der Waals surface area contributed by atoms with Crippen LogP contribution in [-0.2, 0) is 0 Å². The summed E-state index contributed by atoms with van der Waals surface area (Å²) in [5, 5.41) is 1.10. The Morgan fingerprint density at radius 1 is 1.39 bits per heavy atom. The van der Waals surface area contributed by atoms with Gasteiger partial charge in [-0.15, -0.1) is 0 Å². The van der Waals surface area contributed by atoms with Gasteiger partial charge in [0.2, 0.25) is 0 Å². The highest BCUT2D eigenvalue weighted by Gasteiger charge is 2.12. The maximum absolute atomic E-state index is 6.08. The fraction of sp³-hybridized carbons (Fsp3) is 0.417. The Balaban J connectivity index is 2.53. The molecule has 1 heterocycles. The molecule has 0 aliphatic heterocycles. The number of hydrogen-bond acceptors (Lipinski definition) is 2. The number of aromatic nitrogens is 2. The van der Waals surface area contributed by atoms with Gasteiger partial charge in [0.05, 0.1) is 21.1 Å². The normalized spacial score (nSPS) is 13.1. The number of hydrogen-bond donors (Lipinski definition) is 1. The highest BCUT2D eigenvalue weighted by atomic mass is 35.5. The maximum atomic E-state index is 6.08. The Bertz CT molecular complexity index is 618. The molecule has 6 heteroatoms. The van der Waals surface area contributed by atoms with Gasteiger partial charge in [-0.05, 0) is 49.7 Å². The van der Waals surface area contributed by atoms with Crippen molar-refractivity contribution in [2.75, 3.05) is 12.0 Å². The van der Waals surface area contributed by atoms with Gasteiger partial charge in [0.15, 0.2) is 4.77 Å². The van der Waals surface area contributed by atoms with Crippen LogP contribution in [0, 0.1) is 4.77 Å². The second-order valence-electron chi connectivity index (χ2n) is 4.21. The molecule has 0 amide bonds. The first-order chi connectivity index (χ1) is 8.54. The van der Waals surface area contributed by atoms with E-state index >= 15 is 0 Å². The number of fused-ring (bicyclic) bond motifs is 1. The van der Waals surface area contributed by atoms with Crippen LogP contribution in [0.2, 0.25) is 10.0 Å². The van der Waals surface area contributed by atoms with E-state index in [1.54, 1.807) is 0 Å². The topological polar surface area (TPSA) is 20.7 Å². The van der Waals surface area contributed by atoms with Gasteiger partial charge in [-0.3, -0.25) is 0 Å². The van der Waals surface area contributed by atoms with Crippen LogP contribution in [0.25, 0.3) is 11.0 Å². The third-order valence-electron chi connectivity index (χ3n) is 2.94. The van der Waals surface area contributed by atoms with Crippen molar-refractivity contribution in [3.63, 3.8) is 0 Å². The molecule has 0 radical (unpaired) electrons. The summed E-state index contributed by atoms with van der Waals surface area (Å²) in [4.78, 5) is 3.18. The largest absolute Gasteiger partial charge is 0.331 e. The van der Waals surface area contributed by atoms with Gasteiger partial charge in [0.25, 0.3) is 0 Å². The summed E-state index contributed by atoms with van der Waals surface area (Å²) in [7, 11) is 0. The SMILES string of the molecule is CSCCC(C)n1c(=S)[nH]c2cc(Cl)c(Cl)cc21. The van der Waals surface area contributed by atoms with Gasteiger partial charge >= 0.3 is 0 Å². The van der Waals surface area contributed by atoms with Gasteiger partial charge in [-0.2, -0.15) is 11.8 Å². The van der Waals surface area contributed by atoms with Crippen molar-refractivity contribution in [3.05, 3.63) is 26.9 Å². The Morgan fingerprint density at radius 3 is 2.72 bits per heavy atom. The number of nitrogens with one attached hydrogen (secondary N) is 1. The number of H-pyrrole nitrogens is 1. The summed E-state index contributed by atoms with van der Waals surface area (Å²) < 4.78 is 2.83. The predicted octanol–water partition coefficient (Wildman–Crippen LogP) is 5.32. The summed E-state index contributed by atoms with van der Waals surface area (Å²) >= 11 is 19.3. The van der Waals surface area contributed by atoms with E-state index in [0.717, 1.165) is 28.0 Å². The molecule has 0 aliphatic carbocycles. The molecule has 0 fully saturated rings. The predicted molar refractivity (Wildman–Crippen MR) is 84.9 cm³/mol. The molecular formula is C12H14Cl2N2S2. The molecule has 1 N–H and O–H groups in total. The maximum Gasteiger partial charge on any atom is 0.178 e. The minimum atomic E-state index is 0.343. The molecule has 1 unspecified atom stereocenters. The smallest absolute Gasteiger partial charge is 0.178 e. The molecule has 2 nitrogen and oxygen atoms in total. The van der Waals surface area contributed by atoms with Crippen molar-refractivity contribution >= 4 is 58.2 Å². The zero-order valence-corrected chi connectivity index (χ0v) is 13.3. The number of benzene rings is 1. The second-order valence-corrected chi connectivity index (χ2v) is 6.40. The van der Waals surface area contributed by atoms with E-state index in [0.29, 0.717) is 16.1 Å². The van der Waals surface area contributed by atoms with E-state index in [9.17, 15) is 0 Å². The highest BCUT2D eigenvalue weighted by molar-refractivity contribution is 7.98. The number of halogens is 2. The third kappa shape index (κ3) is 2.72. The lowest BCUT2D eigenvalue weighted by molar-refractivity contribution is 0.543. The minimum Gasteiger partial charge on any atom is -0.331 e. The van der Waals surface area contributed by atoms with E-state index in [4.69, 9.17) is 35.4 Å². The van der Waals surface area contributed by atoms with E-state index in [1.807, 2.05) is 23.9 Å². The van der Waals surface area contributed by atoms with Crippen LogP contribution < -0.4 is 0 Å². The molecule has 2 aromatic rings. The molecule has 0 spiro atoms. The summed E-state index contributed by atoms with van der Waals surface area (Å²) in [6.45, 7) is 2.17. The molecule has 18 heavy (non-hydrogen) atoms. The zero-order valence-electron chi connectivity index (χ0n) is 10.2. The quantitative estimate of drug-likeness (QED) is 0.769. The van der Waals surface area contributed by atoms with Crippen LogP contribution in [0.5, 0.6) is 0 Å². The number of nitrogens with zero attached hydrogens (tertiary/aromatic N) is 1. The summed E-state index contributed by atoms with van der Waals surface area (Å²) in [5.74, 6) is 1.11. The first-order valence-corrected chi connectivity index (χ1v) is 8.18. The molecule has 1 aromatic carbocycles. The van der Waals surface area contributed by atoms with Crippen LogP contribution in [0.4, 0.5) is 0 Å². The van der Waals surface area contributed by atoms with Crippen molar-refractivity contribution in [1.82, 2.24) is 9.55 Å². The van der Waals surface area contributed by atoms with Crippen molar-refractivity contribution in [1.29, 1.82) is 0 Å². The molecular weight excluding hydrogens is 307 g/mol. The lowest BCUT2D eigenvalue weighted by Gasteiger charge is -2.14. The van der Waals surface area contributed by atoms with Crippen molar-refractivity contribution in [3.8, 4) is 0 Å². The Hall–Kier alpha value is -0.160. The second kappa shape index (κ2) is 5.87. The zero-order chi connectivity index (χ0) is 13.3. The van der Waals surface area contributed by atoms with Crippen LogP contribution in [0.15, 0.2) is 12.1 Å². The van der Waals surface area contributed by atoms with E-state index < -0.39 is 0 Å². The molecule has 1 atom stereocenters. The fourth-order valence-corrected chi connectivity index (χ4v) is 3.26. The number of thioether (sulfide) groups is 1. The molecule has 98 valence electrons. The molecule has 0 aliphatic rings. The van der Waals surface area contributed by atoms with Crippen LogP contribution in [0.3, 0.4) is 0 Å². The van der Waals surface area contributed by atoms with E-state index in [2.05, 4.69) is 22.7 Å². The van der Waals surface area contributed by atoms with Crippen molar-refractivity contribution < 1.29 is 0 Å². The average Bonchev–Trinajstić information content (AvgIpc) is 2.62. The summed E-state index contributed by atoms with van der Waals surface area (Å²) in [6, 6.07) is 4.05. The number of rotatable bonds is 4. The average molecular weight is 321 g/mol. The van der Waals surface area contributed by atoms with Gasteiger partial charge in [0, 0.05) is 6.04 Å². The van der Waals surface area contributed by atoms with Gasteiger partial charge in [0.1, 0.15) is 0 Å². The van der Waals surface area contributed by atoms with Crippen molar-refractivity contribution in [2.24, 2.45) is 0 Å². The number of imidazole rings is 1. The highest BCUT2D eigenvalue weighted by Crippen LogP contribution is 2.30. The first kappa shape index (κ1) is 14.3. The van der Waals surface area contributed by atoms with E-state index in [-0.39, 0.29) is 0 Å². The summed E-state index contributed by atoms with van der Waals surface area (Å²) in [6.07, 6.45) is 3.18. The summed E-state index contributed by atoms with van der Waals surface area (Å²) in [5.41, 5.74) is 1.95. The molecule has 2 rings (SSSR count). The lowest BCUT2D eigenvalue weighted by atomic mass is 10.2. The molecule has 0 saturated heterocycles.